The predicted octanol–water partition coefficient (Wildman–Crippen LogP) is 7.79. The molecule has 0 spiro atoms. The van der Waals surface area contributed by atoms with Gasteiger partial charge in [0, 0.05) is 23.7 Å². The summed E-state index contributed by atoms with van der Waals surface area (Å²) < 4.78 is 10.6. The Bertz CT molecular complexity index is 1200. The first-order valence-corrected chi connectivity index (χ1v) is 14.0. The molecule has 206 valence electrons. The normalized spacial score (nSPS) is 11.6. The summed E-state index contributed by atoms with van der Waals surface area (Å²) in [5.74, 6) is -0.883. The van der Waals surface area contributed by atoms with E-state index in [4.69, 9.17) is 9.47 Å². The second-order valence-electron chi connectivity index (χ2n) is 9.81. The number of Topliss-reactive ketones (excluding diaryl/α,β-unsaturated/α-hetero) is 1. The molecule has 3 rings (SSSR count). The third-order valence-electron chi connectivity index (χ3n) is 6.54. The van der Waals surface area contributed by atoms with Crippen molar-refractivity contribution in [2.75, 3.05) is 0 Å². The first-order chi connectivity index (χ1) is 18.9. The number of nitrogens with zero attached hydrogens (tertiary/aromatic N) is 1. The third-order valence-corrected chi connectivity index (χ3v) is 6.54. The number of carbonyl (C=O) groups excluding carboxylic acids is 3. The van der Waals surface area contributed by atoms with Crippen LogP contribution >= 0.6 is 0 Å². The minimum absolute atomic E-state index is 0.273. The van der Waals surface area contributed by atoms with Crippen LogP contribution < -0.4 is 4.74 Å². The van der Waals surface area contributed by atoms with Gasteiger partial charge in [-0.25, -0.2) is 4.79 Å². The molecular weight excluding hydrogens is 490 g/mol. The summed E-state index contributed by atoms with van der Waals surface area (Å²) in [6, 6.07) is 17.5. The highest BCUT2D eigenvalue weighted by atomic mass is 16.5. The molecule has 6 heteroatoms. The number of carbonyl (C=O) groups is 3. The number of unbranched alkanes of at least 4 members (excludes halogenated alkanes) is 5. The number of hydrogen-bond donors (Lipinski definition) is 0. The maximum atomic E-state index is 12.6. The van der Waals surface area contributed by atoms with Crippen LogP contribution in [0.5, 0.6) is 5.75 Å². The van der Waals surface area contributed by atoms with Crippen LogP contribution in [-0.2, 0) is 16.0 Å². The average Bonchev–Trinajstić information content (AvgIpc) is 2.95. The number of ether oxygens (including phenoxy) is 2. The predicted molar refractivity (Wildman–Crippen MR) is 153 cm³/mol. The lowest BCUT2D eigenvalue weighted by Gasteiger charge is -2.12. The van der Waals surface area contributed by atoms with Gasteiger partial charge in [-0.2, -0.15) is 0 Å². The van der Waals surface area contributed by atoms with Gasteiger partial charge >= 0.3 is 11.9 Å². The zero-order valence-electron chi connectivity index (χ0n) is 23.3. The fourth-order valence-corrected chi connectivity index (χ4v) is 4.23. The largest absolute Gasteiger partial charge is 0.454 e. The van der Waals surface area contributed by atoms with Crippen molar-refractivity contribution >= 4 is 17.7 Å². The van der Waals surface area contributed by atoms with E-state index < -0.39 is 18.0 Å². The lowest BCUT2D eigenvalue weighted by atomic mass is 10.0. The van der Waals surface area contributed by atoms with Crippen molar-refractivity contribution in [3.05, 3.63) is 83.6 Å². The molecule has 39 heavy (non-hydrogen) atoms. The van der Waals surface area contributed by atoms with E-state index >= 15 is 0 Å². The van der Waals surface area contributed by atoms with E-state index in [1.54, 1.807) is 43.3 Å². The second-order valence-corrected chi connectivity index (χ2v) is 9.81. The second kappa shape index (κ2) is 15.6. The van der Waals surface area contributed by atoms with Crippen molar-refractivity contribution in [1.82, 2.24) is 4.98 Å². The fourth-order valence-electron chi connectivity index (χ4n) is 4.23. The van der Waals surface area contributed by atoms with Crippen LogP contribution in [0.4, 0.5) is 0 Å². The van der Waals surface area contributed by atoms with Crippen LogP contribution in [-0.4, -0.2) is 28.8 Å². The van der Waals surface area contributed by atoms with Crippen molar-refractivity contribution in [3.8, 4) is 17.0 Å². The Morgan fingerprint density at radius 1 is 0.769 bits per heavy atom. The lowest BCUT2D eigenvalue weighted by Crippen LogP contribution is -2.24. The summed E-state index contributed by atoms with van der Waals surface area (Å²) >= 11 is 0. The first kappa shape index (κ1) is 29.8. The first-order valence-electron chi connectivity index (χ1n) is 14.0. The molecule has 6 nitrogen and oxygen atoms in total. The molecule has 0 fully saturated rings. The topological polar surface area (TPSA) is 82.6 Å². The Balaban J connectivity index is 1.51. The van der Waals surface area contributed by atoms with E-state index in [0.717, 1.165) is 17.7 Å². The van der Waals surface area contributed by atoms with E-state index in [9.17, 15) is 14.4 Å². The lowest BCUT2D eigenvalue weighted by molar-refractivity contribution is -0.146. The summed E-state index contributed by atoms with van der Waals surface area (Å²) in [5.41, 5.74) is 3.82. The molecule has 1 heterocycles. The van der Waals surface area contributed by atoms with Gasteiger partial charge in [0.25, 0.3) is 0 Å². The molecule has 3 aromatic rings. The Labute approximate surface area is 231 Å². The Kier molecular flexibility index (Phi) is 11.9. The quantitative estimate of drug-likeness (QED) is 0.0865. The number of esters is 2. The number of ketones is 1. The van der Waals surface area contributed by atoms with Crippen LogP contribution in [0.2, 0.25) is 0 Å². The van der Waals surface area contributed by atoms with Crippen molar-refractivity contribution in [2.24, 2.45) is 0 Å². The van der Waals surface area contributed by atoms with Gasteiger partial charge in [-0.3, -0.25) is 14.6 Å². The van der Waals surface area contributed by atoms with Gasteiger partial charge in [-0.1, -0.05) is 64.2 Å². The van der Waals surface area contributed by atoms with E-state index in [0.29, 0.717) is 23.3 Å². The molecule has 2 aromatic carbocycles. The number of pyridine rings is 1. The highest BCUT2D eigenvalue weighted by Crippen LogP contribution is 2.21. The molecule has 0 bridgehead atoms. The molecule has 0 aliphatic heterocycles. The monoisotopic (exact) mass is 529 g/mol. The highest BCUT2D eigenvalue weighted by molar-refractivity contribution is 6.00. The summed E-state index contributed by atoms with van der Waals surface area (Å²) in [6.07, 6.45) is 10.7. The molecular formula is C33H39NO5. The Hall–Kier alpha value is -3.80. The van der Waals surface area contributed by atoms with Gasteiger partial charge in [0.1, 0.15) is 5.75 Å². The molecule has 0 aliphatic carbocycles. The van der Waals surface area contributed by atoms with Crippen LogP contribution in [0, 0.1) is 0 Å². The molecule has 0 N–H and O–H groups in total. The SMILES string of the molecule is CCCCCCCCc1ccc(-c2ccc(C(=O)Oc3ccc(C(=O)C(C)OC(=O)CCC)cc3)cc2)nc1. The smallest absolute Gasteiger partial charge is 0.343 e. The molecule has 1 atom stereocenters. The molecule has 1 unspecified atom stereocenters. The van der Waals surface area contributed by atoms with Crippen LogP contribution in [0.25, 0.3) is 11.3 Å². The number of benzene rings is 2. The molecule has 0 saturated heterocycles. The van der Waals surface area contributed by atoms with Crippen molar-refractivity contribution in [1.29, 1.82) is 0 Å². The zero-order valence-corrected chi connectivity index (χ0v) is 23.3. The Morgan fingerprint density at radius 3 is 2.08 bits per heavy atom. The number of rotatable bonds is 15. The summed E-state index contributed by atoms with van der Waals surface area (Å²) in [6.45, 7) is 5.65. The maximum Gasteiger partial charge on any atom is 0.343 e. The van der Waals surface area contributed by atoms with E-state index in [1.165, 1.54) is 44.1 Å². The van der Waals surface area contributed by atoms with Gasteiger partial charge in [0.2, 0.25) is 5.78 Å². The van der Waals surface area contributed by atoms with Crippen LogP contribution in [0.3, 0.4) is 0 Å². The van der Waals surface area contributed by atoms with Gasteiger partial charge in [0.05, 0.1) is 11.3 Å². The van der Waals surface area contributed by atoms with E-state index in [2.05, 4.69) is 18.0 Å². The van der Waals surface area contributed by atoms with E-state index in [1.807, 2.05) is 31.3 Å². The minimum Gasteiger partial charge on any atom is -0.454 e. The molecule has 0 radical (unpaired) electrons. The minimum atomic E-state index is -0.873. The van der Waals surface area contributed by atoms with Gasteiger partial charge in [-0.05, 0) is 74.2 Å². The van der Waals surface area contributed by atoms with Crippen LogP contribution in [0.1, 0.15) is 98.4 Å². The van der Waals surface area contributed by atoms with Gasteiger partial charge < -0.3 is 9.47 Å². The third kappa shape index (κ3) is 9.47. The van der Waals surface area contributed by atoms with Crippen molar-refractivity contribution in [2.45, 2.75) is 84.7 Å². The molecule has 0 aliphatic rings. The zero-order chi connectivity index (χ0) is 28.0. The number of aromatic nitrogens is 1. The highest BCUT2D eigenvalue weighted by Gasteiger charge is 2.19. The summed E-state index contributed by atoms with van der Waals surface area (Å²) in [5, 5.41) is 0. The average molecular weight is 530 g/mol. The molecule has 1 aromatic heterocycles. The van der Waals surface area contributed by atoms with Crippen molar-refractivity contribution in [3.63, 3.8) is 0 Å². The number of aryl methyl sites for hydroxylation is 1. The number of hydrogen-bond acceptors (Lipinski definition) is 6. The molecule has 0 amide bonds. The van der Waals surface area contributed by atoms with Crippen LogP contribution in [0.15, 0.2) is 66.9 Å². The summed E-state index contributed by atoms with van der Waals surface area (Å²) in [7, 11) is 0. The summed E-state index contributed by atoms with van der Waals surface area (Å²) in [4.78, 5) is 41.4. The Morgan fingerprint density at radius 2 is 1.44 bits per heavy atom. The van der Waals surface area contributed by atoms with E-state index in [-0.39, 0.29) is 12.2 Å². The van der Waals surface area contributed by atoms with Crippen molar-refractivity contribution < 1.29 is 23.9 Å². The molecule has 0 saturated carbocycles. The standard InChI is InChI=1S/C33H39NO5/c1-4-6-7-8-9-10-12-25-13-22-30(34-23-25)26-14-16-28(17-15-26)33(37)39-29-20-18-27(19-21-29)32(36)24(3)38-31(35)11-5-2/h13-24H,4-12H2,1-3H3. The fraction of sp³-hybridized carbons (Fsp3) is 0.394. The van der Waals surface area contributed by atoms with Gasteiger partial charge in [0.15, 0.2) is 6.10 Å². The maximum absolute atomic E-state index is 12.6. The van der Waals surface area contributed by atoms with Gasteiger partial charge in [-0.15, -0.1) is 0 Å².